The van der Waals surface area contributed by atoms with Crippen LogP contribution in [0.1, 0.15) is 18.9 Å². The molecule has 20 heavy (non-hydrogen) atoms. The Labute approximate surface area is 119 Å². The van der Waals surface area contributed by atoms with Crippen LogP contribution in [0.25, 0.3) is 11.1 Å². The number of pyridine rings is 1. The molecule has 0 aliphatic rings. The largest absolute Gasteiger partial charge is 0.327 e. The summed E-state index contributed by atoms with van der Waals surface area (Å²) in [6.45, 7) is 3.82. The van der Waals surface area contributed by atoms with Gasteiger partial charge in [-0.15, -0.1) is 0 Å². The molecule has 0 spiro atoms. The van der Waals surface area contributed by atoms with Crippen LogP contribution < -0.4 is 11.1 Å². The predicted molar refractivity (Wildman–Crippen MR) is 81.3 cm³/mol. The highest BCUT2D eigenvalue weighted by atomic mass is 16.1. The summed E-state index contributed by atoms with van der Waals surface area (Å²) >= 11 is 0. The lowest BCUT2D eigenvalue weighted by atomic mass is 10.0. The summed E-state index contributed by atoms with van der Waals surface area (Å²) in [5.74, 6) is -0.0686. The fourth-order valence-electron chi connectivity index (χ4n) is 2.04. The van der Waals surface area contributed by atoms with E-state index in [9.17, 15) is 4.79 Å². The van der Waals surface area contributed by atoms with E-state index in [-0.39, 0.29) is 11.9 Å². The Morgan fingerprint density at radius 1 is 1.30 bits per heavy atom. The summed E-state index contributed by atoms with van der Waals surface area (Å²) in [5, 5.41) is 2.94. The molecule has 1 amide bonds. The van der Waals surface area contributed by atoms with Crippen molar-refractivity contribution >= 4 is 11.6 Å². The molecular formula is C16H19N3O. The lowest BCUT2D eigenvalue weighted by Crippen LogP contribution is -2.24. The van der Waals surface area contributed by atoms with Crippen molar-refractivity contribution in [2.75, 3.05) is 5.32 Å². The van der Waals surface area contributed by atoms with Gasteiger partial charge in [-0.05, 0) is 43.2 Å². The molecule has 4 heteroatoms. The van der Waals surface area contributed by atoms with Gasteiger partial charge >= 0.3 is 0 Å². The van der Waals surface area contributed by atoms with Crippen molar-refractivity contribution in [2.45, 2.75) is 26.3 Å². The minimum atomic E-state index is -0.149. The topological polar surface area (TPSA) is 68.0 Å². The van der Waals surface area contributed by atoms with Gasteiger partial charge in [-0.2, -0.15) is 0 Å². The number of nitrogens with one attached hydrogen (secondary N) is 1. The van der Waals surface area contributed by atoms with Crippen molar-refractivity contribution in [3.8, 4) is 11.1 Å². The minimum absolute atomic E-state index is 0.0686. The molecule has 0 radical (unpaired) electrons. The van der Waals surface area contributed by atoms with Crippen molar-refractivity contribution in [1.29, 1.82) is 0 Å². The molecule has 1 unspecified atom stereocenters. The Morgan fingerprint density at radius 3 is 2.65 bits per heavy atom. The zero-order valence-corrected chi connectivity index (χ0v) is 11.8. The number of hydrogen-bond acceptors (Lipinski definition) is 3. The van der Waals surface area contributed by atoms with Crippen LogP contribution >= 0.6 is 0 Å². The number of hydrogen-bond donors (Lipinski definition) is 2. The number of carbonyl (C=O) groups excluding carboxylic acids is 1. The first kappa shape index (κ1) is 14.2. The zero-order chi connectivity index (χ0) is 14.5. The van der Waals surface area contributed by atoms with Crippen molar-refractivity contribution in [3.05, 3.63) is 48.3 Å². The van der Waals surface area contributed by atoms with Gasteiger partial charge in [0.05, 0.1) is 0 Å². The molecule has 1 atom stereocenters. The molecule has 2 rings (SSSR count). The molecule has 2 aromatic rings. The highest BCUT2D eigenvalue weighted by Gasteiger charge is 2.10. The Hall–Kier alpha value is -2.20. The van der Waals surface area contributed by atoms with Gasteiger partial charge in [-0.25, -0.2) is 0 Å². The van der Waals surface area contributed by atoms with Gasteiger partial charge in [0, 0.05) is 36.1 Å². The molecule has 0 fully saturated rings. The molecule has 0 saturated carbocycles. The normalized spacial score (nSPS) is 11.9. The van der Waals surface area contributed by atoms with E-state index in [2.05, 4.69) is 10.3 Å². The second kappa shape index (κ2) is 6.30. The highest BCUT2D eigenvalue weighted by molar-refractivity contribution is 5.95. The Morgan fingerprint density at radius 2 is 2.00 bits per heavy atom. The smallest absolute Gasteiger partial charge is 0.225 e. The Kier molecular flexibility index (Phi) is 4.48. The fraction of sp³-hybridized carbons (Fsp3) is 0.250. The van der Waals surface area contributed by atoms with Gasteiger partial charge in [0.25, 0.3) is 0 Å². The third-order valence-corrected chi connectivity index (χ3v) is 2.95. The molecule has 4 nitrogen and oxygen atoms in total. The second-order valence-electron chi connectivity index (χ2n) is 5.01. The van der Waals surface area contributed by atoms with E-state index in [1.54, 1.807) is 12.4 Å². The van der Waals surface area contributed by atoms with Crippen molar-refractivity contribution in [1.82, 2.24) is 4.98 Å². The molecule has 0 aliphatic carbocycles. The average molecular weight is 269 g/mol. The van der Waals surface area contributed by atoms with E-state index in [1.807, 2.05) is 44.2 Å². The third kappa shape index (κ3) is 3.65. The SMILES string of the molecule is Cc1ccc(-c2ccncc2)c(NC(=O)CC(C)N)c1. The predicted octanol–water partition coefficient (Wildman–Crippen LogP) is 2.73. The molecular weight excluding hydrogens is 250 g/mol. The number of amides is 1. The van der Waals surface area contributed by atoms with Crippen LogP contribution in [0, 0.1) is 6.92 Å². The standard InChI is InChI=1S/C16H19N3O/c1-11-3-4-14(13-5-7-18-8-6-13)15(9-11)19-16(20)10-12(2)17/h3-9,12H,10,17H2,1-2H3,(H,19,20). The van der Waals surface area contributed by atoms with Gasteiger partial charge in [0.2, 0.25) is 5.91 Å². The van der Waals surface area contributed by atoms with Crippen LogP contribution in [0.5, 0.6) is 0 Å². The number of rotatable bonds is 4. The molecule has 0 saturated heterocycles. The fourth-order valence-corrected chi connectivity index (χ4v) is 2.04. The molecule has 3 N–H and O–H groups in total. The van der Waals surface area contributed by atoms with Crippen molar-refractivity contribution in [3.63, 3.8) is 0 Å². The maximum atomic E-state index is 11.9. The quantitative estimate of drug-likeness (QED) is 0.896. The number of anilines is 1. The molecule has 0 bridgehead atoms. The molecule has 104 valence electrons. The van der Waals surface area contributed by atoms with Crippen LogP contribution in [0.2, 0.25) is 0 Å². The molecule has 1 aromatic carbocycles. The lowest BCUT2D eigenvalue weighted by Gasteiger charge is -2.13. The van der Waals surface area contributed by atoms with Gasteiger partial charge in [0.15, 0.2) is 0 Å². The summed E-state index contributed by atoms with van der Waals surface area (Å²) in [6.07, 6.45) is 3.79. The molecule has 0 aliphatic heterocycles. The van der Waals surface area contributed by atoms with Gasteiger partial charge in [-0.1, -0.05) is 12.1 Å². The Balaban J connectivity index is 2.32. The summed E-state index contributed by atoms with van der Waals surface area (Å²) in [7, 11) is 0. The number of nitrogens with zero attached hydrogens (tertiary/aromatic N) is 1. The number of benzene rings is 1. The third-order valence-electron chi connectivity index (χ3n) is 2.95. The first-order valence-corrected chi connectivity index (χ1v) is 6.63. The summed E-state index contributed by atoms with van der Waals surface area (Å²) in [4.78, 5) is 15.9. The maximum absolute atomic E-state index is 11.9. The minimum Gasteiger partial charge on any atom is -0.327 e. The van der Waals surface area contributed by atoms with E-state index < -0.39 is 0 Å². The summed E-state index contributed by atoms with van der Waals surface area (Å²) < 4.78 is 0. The summed E-state index contributed by atoms with van der Waals surface area (Å²) in [6, 6.07) is 9.69. The maximum Gasteiger partial charge on any atom is 0.225 e. The number of aryl methyl sites for hydroxylation is 1. The summed E-state index contributed by atoms with van der Waals surface area (Å²) in [5.41, 5.74) is 9.57. The van der Waals surface area contributed by atoms with Gasteiger partial charge in [-0.3, -0.25) is 9.78 Å². The van der Waals surface area contributed by atoms with Gasteiger partial charge < -0.3 is 11.1 Å². The average Bonchev–Trinajstić information content (AvgIpc) is 2.39. The van der Waals surface area contributed by atoms with E-state index >= 15 is 0 Å². The second-order valence-corrected chi connectivity index (χ2v) is 5.01. The van der Waals surface area contributed by atoms with Crippen molar-refractivity contribution in [2.24, 2.45) is 5.73 Å². The van der Waals surface area contributed by atoms with E-state index in [0.717, 1.165) is 22.4 Å². The van der Waals surface area contributed by atoms with Crippen molar-refractivity contribution < 1.29 is 4.79 Å². The monoisotopic (exact) mass is 269 g/mol. The first-order valence-electron chi connectivity index (χ1n) is 6.63. The van der Waals surface area contributed by atoms with Crippen LogP contribution in [-0.2, 0) is 4.79 Å². The van der Waals surface area contributed by atoms with Crippen LogP contribution in [-0.4, -0.2) is 16.9 Å². The number of aromatic nitrogens is 1. The van der Waals surface area contributed by atoms with E-state index in [1.165, 1.54) is 0 Å². The lowest BCUT2D eigenvalue weighted by molar-refractivity contribution is -0.116. The zero-order valence-electron chi connectivity index (χ0n) is 11.8. The van der Waals surface area contributed by atoms with Crippen LogP contribution in [0.15, 0.2) is 42.7 Å². The van der Waals surface area contributed by atoms with Crippen LogP contribution in [0.3, 0.4) is 0 Å². The highest BCUT2D eigenvalue weighted by Crippen LogP contribution is 2.28. The first-order chi connectivity index (χ1) is 9.56. The van der Waals surface area contributed by atoms with Crippen LogP contribution in [0.4, 0.5) is 5.69 Å². The number of nitrogens with two attached hydrogens (primary N) is 1. The molecule has 1 heterocycles. The number of carbonyl (C=O) groups is 1. The van der Waals surface area contributed by atoms with Gasteiger partial charge in [0.1, 0.15) is 0 Å². The molecule has 1 aromatic heterocycles. The van der Waals surface area contributed by atoms with E-state index in [0.29, 0.717) is 6.42 Å². The Bertz CT molecular complexity index is 594. The van der Waals surface area contributed by atoms with E-state index in [4.69, 9.17) is 5.73 Å².